The van der Waals surface area contributed by atoms with Crippen LogP contribution in [0, 0.1) is 13.8 Å². The van der Waals surface area contributed by atoms with Gasteiger partial charge in [0.1, 0.15) is 12.3 Å². The second-order valence-electron chi connectivity index (χ2n) is 7.88. The quantitative estimate of drug-likeness (QED) is 0.344. The average molecular weight is 480 g/mol. The average Bonchev–Trinajstić information content (AvgIpc) is 2.82. The Hall–Kier alpha value is -3.65. The Labute approximate surface area is 201 Å². The lowest BCUT2D eigenvalue weighted by Crippen LogP contribution is -2.39. The summed E-state index contributed by atoms with van der Waals surface area (Å²) in [6.45, 7) is 6.03. The highest BCUT2D eigenvalue weighted by molar-refractivity contribution is 7.92. The SMILES string of the molecule is CCCOc1ccc(/C=N\NC(=O)CN(c2cc(C)cc(C)c2)S(=O)(=O)c2ccccc2)cc1. The number of sulfonamides is 1. The predicted octanol–water partition coefficient (Wildman–Crippen LogP) is 4.44. The van der Waals surface area contributed by atoms with Crippen LogP contribution in [0.15, 0.2) is 82.8 Å². The lowest BCUT2D eigenvalue weighted by Gasteiger charge is -2.24. The number of hydrogen-bond acceptors (Lipinski definition) is 5. The molecule has 0 saturated carbocycles. The fraction of sp³-hybridized carbons (Fsp3) is 0.231. The summed E-state index contributed by atoms with van der Waals surface area (Å²) in [5, 5.41) is 3.98. The summed E-state index contributed by atoms with van der Waals surface area (Å²) in [5.41, 5.74) is 5.41. The van der Waals surface area contributed by atoms with Gasteiger partial charge in [0, 0.05) is 0 Å². The second-order valence-corrected chi connectivity index (χ2v) is 9.74. The summed E-state index contributed by atoms with van der Waals surface area (Å²) in [7, 11) is -3.97. The van der Waals surface area contributed by atoms with Gasteiger partial charge in [-0.3, -0.25) is 9.10 Å². The number of rotatable bonds is 10. The lowest BCUT2D eigenvalue weighted by atomic mass is 10.1. The van der Waals surface area contributed by atoms with Crippen LogP contribution in [0.1, 0.15) is 30.0 Å². The first-order valence-electron chi connectivity index (χ1n) is 11.0. The largest absolute Gasteiger partial charge is 0.494 e. The van der Waals surface area contributed by atoms with Crippen molar-refractivity contribution in [3.63, 3.8) is 0 Å². The summed E-state index contributed by atoms with van der Waals surface area (Å²) < 4.78 is 33.4. The molecular weight excluding hydrogens is 450 g/mol. The minimum Gasteiger partial charge on any atom is -0.494 e. The van der Waals surface area contributed by atoms with Crippen molar-refractivity contribution in [3.05, 3.63) is 89.5 Å². The monoisotopic (exact) mass is 479 g/mol. The van der Waals surface area contributed by atoms with E-state index >= 15 is 0 Å². The van der Waals surface area contributed by atoms with Gasteiger partial charge in [0.05, 0.1) is 23.4 Å². The molecule has 3 rings (SSSR count). The maximum Gasteiger partial charge on any atom is 0.264 e. The van der Waals surface area contributed by atoms with Crippen LogP contribution >= 0.6 is 0 Å². The molecule has 1 N–H and O–H groups in total. The molecule has 0 aliphatic heterocycles. The Balaban J connectivity index is 1.77. The van der Waals surface area contributed by atoms with Gasteiger partial charge < -0.3 is 4.74 Å². The summed E-state index contributed by atoms with van der Waals surface area (Å²) in [5.74, 6) is 0.205. The molecule has 0 aliphatic rings. The normalized spacial score (nSPS) is 11.4. The van der Waals surface area contributed by atoms with Gasteiger partial charge in [-0.15, -0.1) is 0 Å². The number of amides is 1. The van der Waals surface area contributed by atoms with E-state index in [-0.39, 0.29) is 4.90 Å². The highest BCUT2D eigenvalue weighted by atomic mass is 32.2. The summed E-state index contributed by atoms with van der Waals surface area (Å²) >= 11 is 0. The van der Waals surface area contributed by atoms with Crippen LogP contribution in [-0.4, -0.2) is 33.7 Å². The van der Waals surface area contributed by atoms with Crippen molar-refractivity contribution >= 4 is 27.8 Å². The molecule has 178 valence electrons. The smallest absolute Gasteiger partial charge is 0.264 e. The maximum absolute atomic E-state index is 13.4. The Morgan fingerprint density at radius 2 is 1.65 bits per heavy atom. The van der Waals surface area contributed by atoms with Crippen molar-refractivity contribution in [1.29, 1.82) is 0 Å². The number of carbonyl (C=O) groups excluding carboxylic acids is 1. The maximum atomic E-state index is 13.4. The van der Waals surface area contributed by atoms with Crippen LogP contribution in [0.25, 0.3) is 0 Å². The van der Waals surface area contributed by atoms with Gasteiger partial charge in [-0.25, -0.2) is 13.8 Å². The van der Waals surface area contributed by atoms with Crippen LogP contribution in [-0.2, 0) is 14.8 Å². The Morgan fingerprint density at radius 3 is 2.26 bits per heavy atom. The van der Waals surface area contributed by atoms with Crippen LogP contribution in [0.2, 0.25) is 0 Å². The van der Waals surface area contributed by atoms with Gasteiger partial charge in [0.25, 0.3) is 15.9 Å². The third kappa shape index (κ3) is 6.68. The number of hydrogen-bond donors (Lipinski definition) is 1. The standard InChI is InChI=1S/C26H29N3O4S/c1-4-14-33-24-12-10-22(11-13-24)18-27-28-26(30)19-29(23-16-20(2)15-21(3)17-23)34(31,32)25-8-6-5-7-9-25/h5-13,15-18H,4,14,19H2,1-3H3,(H,28,30)/b27-18-. The Bertz CT molecular complexity index is 1220. The zero-order valence-corrected chi connectivity index (χ0v) is 20.4. The molecule has 0 saturated heterocycles. The van der Waals surface area contributed by atoms with Gasteiger partial charge in [-0.2, -0.15) is 5.10 Å². The fourth-order valence-electron chi connectivity index (χ4n) is 3.34. The number of carbonyl (C=O) groups is 1. The molecule has 0 aromatic heterocycles. The lowest BCUT2D eigenvalue weighted by molar-refractivity contribution is -0.119. The van der Waals surface area contributed by atoms with Gasteiger partial charge in [-0.1, -0.05) is 31.2 Å². The highest BCUT2D eigenvalue weighted by Gasteiger charge is 2.27. The number of aryl methyl sites for hydroxylation is 2. The van der Waals surface area contributed by atoms with E-state index in [9.17, 15) is 13.2 Å². The van der Waals surface area contributed by atoms with E-state index in [1.165, 1.54) is 18.3 Å². The Morgan fingerprint density at radius 1 is 1.00 bits per heavy atom. The van der Waals surface area contributed by atoms with E-state index < -0.39 is 22.5 Å². The minimum absolute atomic E-state index is 0.107. The van der Waals surface area contributed by atoms with Crippen molar-refractivity contribution in [2.45, 2.75) is 32.1 Å². The molecule has 1 amide bonds. The predicted molar refractivity (Wildman–Crippen MR) is 135 cm³/mol. The van der Waals surface area contributed by atoms with Crippen molar-refractivity contribution in [3.8, 4) is 5.75 Å². The molecule has 3 aromatic rings. The summed E-state index contributed by atoms with van der Waals surface area (Å²) in [4.78, 5) is 12.8. The van der Waals surface area contributed by atoms with Gasteiger partial charge in [0.2, 0.25) is 0 Å². The van der Waals surface area contributed by atoms with Crippen LogP contribution in [0.3, 0.4) is 0 Å². The van der Waals surface area contributed by atoms with Crippen LogP contribution in [0.5, 0.6) is 5.75 Å². The molecule has 0 heterocycles. The van der Waals surface area contributed by atoms with E-state index in [1.54, 1.807) is 30.3 Å². The molecule has 0 spiro atoms. The van der Waals surface area contributed by atoms with Gasteiger partial charge in [-0.05, 0) is 85.5 Å². The first kappa shape index (κ1) is 25.0. The fourth-order valence-corrected chi connectivity index (χ4v) is 4.77. The van der Waals surface area contributed by atoms with Crippen molar-refractivity contribution in [2.24, 2.45) is 5.10 Å². The van der Waals surface area contributed by atoms with Gasteiger partial charge in [0.15, 0.2) is 0 Å². The number of hydrazone groups is 1. The number of nitrogens with zero attached hydrogens (tertiary/aromatic N) is 2. The third-order valence-electron chi connectivity index (χ3n) is 4.87. The number of benzene rings is 3. The van der Waals surface area contributed by atoms with Gasteiger partial charge >= 0.3 is 0 Å². The number of ether oxygens (including phenoxy) is 1. The van der Waals surface area contributed by atoms with E-state index in [4.69, 9.17) is 4.74 Å². The molecule has 0 aliphatic carbocycles. The summed E-state index contributed by atoms with van der Waals surface area (Å²) in [6, 6.07) is 20.8. The molecule has 0 fully saturated rings. The summed E-state index contributed by atoms with van der Waals surface area (Å²) in [6.07, 6.45) is 2.42. The van der Waals surface area contributed by atoms with E-state index in [2.05, 4.69) is 10.5 Å². The first-order chi connectivity index (χ1) is 16.3. The molecule has 0 radical (unpaired) electrons. The third-order valence-corrected chi connectivity index (χ3v) is 6.66. The van der Waals surface area contributed by atoms with E-state index in [1.807, 2.05) is 51.1 Å². The number of anilines is 1. The molecule has 3 aromatic carbocycles. The van der Waals surface area contributed by atoms with E-state index in [0.717, 1.165) is 33.2 Å². The Kier molecular flexibility index (Phi) is 8.43. The topological polar surface area (TPSA) is 88.1 Å². The molecule has 0 bridgehead atoms. The molecule has 7 nitrogen and oxygen atoms in total. The van der Waals surface area contributed by atoms with Crippen molar-refractivity contribution < 1.29 is 17.9 Å². The second kappa shape index (κ2) is 11.5. The molecular formula is C26H29N3O4S. The van der Waals surface area contributed by atoms with Crippen LogP contribution < -0.4 is 14.5 Å². The van der Waals surface area contributed by atoms with E-state index in [0.29, 0.717) is 12.3 Å². The van der Waals surface area contributed by atoms with Crippen LogP contribution in [0.4, 0.5) is 5.69 Å². The van der Waals surface area contributed by atoms with Crippen molar-refractivity contribution in [2.75, 3.05) is 17.5 Å². The molecule has 8 heteroatoms. The number of nitrogens with one attached hydrogen (secondary N) is 1. The minimum atomic E-state index is -3.97. The zero-order valence-electron chi connectivity index (χ0n) is 19.6. The van der Waals surface area contributed by atoms with Crippen molar-refractivity contribution in [1.82, 2.24) is 5.43 Å². The molecule has 0 unspecified atom stereocenters. The zero-order chi connectivity index (χ0) is 24.6. The first-order valence-corrected chi connectivity index (χ1v) is 12.4. The highest BCUT2D eigenvalue weighted by Crippen LogP contribution is 2.25. The molecule has 0 atom stereocenters. The molecule has 34 heavy (non-hydrogen) atoms.